The minimum atomic E-state index is -5.03. The summed E-state index contributed by atoms with van der Waals surface area (Å²) in [5.74, 6) is -0.484. The number of hydrogen-bond acceptors (Lipinski definition) is 11. The van der Waals surface area contributed by atoms with Gasteiger partial charge in [-0.15, -0.1) is 0 Å². The second-order valence-electron chi connectivity index (χ2n) is 15.6. The van der Waals surface area contributed by atoms with Crippen LogP contribution >= 0.6 is 0 Å². The average molecular weight is 1080 g/mol. The molecule has 0 saturated heterocycles. The van der Waals surface area contributed by atoms with Crippen LogP contribution in [0, 0.1) is 0 Å². The number of alkyl halides is 6. The zero-order valence-electron chi connectivity index (χ0n) is 38.7. The van der Waals surface area contributed by atoms with Crippen molar-refractivity contribution < 1.29 is 81.2 Å². The first-order valence-electron chi connectivity index (χ1n) is 22.2. The van der Waals surface area contributed by atoms with Gasteiger partial charge in [0.25, 0.3) is 0 Å². The number of unbranched alkanes of at least 4 members (excludes halogenated alkanes) is 2. The Balaban J connectivity index is 1.65. The normalized spacial score (nSPS) is 12.0. The van der Waals surface area contributed by atoms with Crippen molar-refractivity contribution in [3.8, 4) is 5.75 Å². The maximum atomic E-state index is 13.9. The molecule has 0 aliphatic heterocycles. The first-order valence-corrected chi connectivity index (χ1v) is 24.3. The van der Waals surface area contributed by atoms with Crippen LogP contribution in [0.5, 0.6) is 5.75 Å². The Morgan fingerprint density at radius 3 is 1.94 bits per heavy atom. The molecule has 20 heteroatoms. The number of carbonyl (C=O) groups is 3. The molecule has 13 nitrogen and oxygen atoms in total. The molecule has 0 heterocycles. The van der Waals surface area contributed by atoms with Crippen molar-refractivity contribution in [2.24, 2.45) is 0 Å². The molecule has 0 saturated carbocycles. The van der Waals surface area contributed by atoms with Crippen LogP contribution in [-0.4, -0.2) is 106 Å². The fourth-order valence-corrected chi connectivity index (χ4v) is 7.36. The van der Waals surface area contributed by atoms with E-state index in [-0.39, 0.29) is 74.0 Å². The SMILES string of the molecule is C=C(NCCCCCNC(=C)[C@H](Cc1ccc2ccccc2c1)NC(=O)CN(CCCOc1cc(C(F)(F)F)cc(C(F)(F)F)c1)C(=C)CCOCCOCCOCCNC(C)=O)N[I-]C(C)=O. The number of nitrogens with one attached hydrogen (secondary N) is 5. The molecule has 0 aliphatic rings. The minimum absolute atomic E-state index is 0.0353. The predicted octanol–water partition coefficient (Wildman–Crippen LogP) is 4.24. The van der Waals surface area contributed by atoms with Gasteiger partial charge in [-0.3, -0.25) is 9.59 Å². The Labute approximate surface area is 405 Å². The van der Waals surface area contributed by atoms with Gasteiger partial charge in [0.15, 0.2) is 0 Å². The van der Waals surface area contributed by atoms with Crippen LogP contribution in [0.2, 0.25) is 0 Å². The molecule has 0 unspecified atom stereocenters. The van der Waals surface area contributed by atoms with E-state index in [1.165, 1.54) is 13.8 Å². The van der Waals surface area contributed by atoms with Gasteiger partial charge in [-0.1, -0.05) is 49.0 Å². The molecule has 0 aromatic heterocycles. The third-order valence-corrected chi connectivity index (χ3v) is 11.6. The average Bonchev–Trinajstić information content (AvgIpc) is 3.28. The fraction of sp³-hybridized carbons (Fsp3) is 0.479. The van der Waals surface area contributed by atoms with Gasteiger partial charge in [0.05, 0.1) is 63.9 Å². The summed E-state index contributed by atoms with van der Waals surface area (Å²) in [6.07, 6.45) is -6.69. The quantitative estimate of drug-likeness (QED) is 0.0189. The second kappa shape index (κ2) is 30.4. The molecule has 378 valence electrons. The molecule has 3 aromatic carbocycles. The summed E-state index contributed by atoms with van der Waals surface area (Å²) in [5, 5.41) is 14.4. The Morgan fingerprint density at radius 2 is 1.31 bits per heavy atom. The molecule has 0 fully saturated rings. The van der Waals surface area contributed by atoms with E-state index in [0.717, 1.165) is 35.6 Å². The van der Waals surface area contributed by atoms with Gasteiger partial charge in [0.1, 0.15) is 5.75 Å². The van der Waals surface area contributed by atoms with E-state index in [4.69, 9.17) is 18.9 Å². The number of halogens is 7. The van der Waals surface area contributed by atoms with Crippen molar-refractivity contribution in [2.75, 3.05) is 79.0 Å². The summed E-state index contributed by atoms with van der Waals surface area (Å²) < 4.78 is 106. The van der Waals surface area contributed by atoms with Gasteiger partial charge < -0.3 is 29.2 Å². The number of nitrogens with zero attached hydrogens (tertiary/aromatic N) is 1. The van der Waals surface area contributed by atoms with E-state index in [0.29, 0.717) is 75.2 Å². The molecule has 3 aromatic rings. The third kappa shape index (κ3) is 23.8. The Bertz CT molecular complexity index is 2060. The van der Waals surface area contributed by atoms with E-state index in [1.807, 2.05) is 36.4 Å². The van der Waals surface area contributed by atoms with Crippen molar-refractivity contribution >= 4 is 26.4 Å². The maximum absolute atomic E-state index is 13.9. The van der Waals surface area contributed by atoms with Crippen molar-refractivity contribution in [3.05, 3.63) is 114 Å². The molecule has 3 rings (SSSR count). The van der Waals surface area contributed by atoms with E-state index in [2.05, 4.69) is 50.6 Å². The number of amides is 2. The van der Waals surface area contributed by atoms with Gasteiger partial charge >= 0.3 is 138 Å². The molecule has 1 atom stereocenters. The molecule has 0 radical (unpaired) electrons. The first-order chi connectivity index (χ1) is 32.3. The first kappa shape index (κ1) is 57.3. The van der Waals surface area contributed by atoms with Crippen molar-refractivity contribution in [3.63, 3.8) is 0 Å². The van der Waals surface area contributed by atoms with Crippen LogP contribution in [0.1, 0.15) is 62.6 Å². The Hall–Kier alpha value is -5.06. The standard InChI is InChI=1S/C48H64F6IN6O7/c1-34(16-22-65-24-26-67-27-25-66-23-19-58-38(5)63)61(20-11-21-68-44-31-42(47(49,50)51)30-43(32-44)48(52,53)54)33-46(64)59-45(29-39-14-15-40-12-7-8-13-41(40)28-39)35(2)56-17-9-6-10-18-57-37(4)60-55-36(3)62/h7-8,12-15,28,30-32,45,56-57,60H,1-2,4,6,9-11,16-27,29,33H2,3,5H3,(H,58,63)(H,59,64)/q-1/t45-/m0/s1. The van der Waals surface area contributed by atoms with E-state index < -0.39 is 56.7 Å². The summed E-state index contributed by atoms with van der Waals surface area (Å²) in [5.41, 5.74) is -0.916. The van der Waals surface area contributed by atoms with E-state index >= 15 is 0 Å². The van der Waals surface area contributed by atoms with Crippen molar-refractivity contribution in [1.82, 2.24) is 29.7 Å². The van der Waals surface area contributed by atoms with Crippen LogP contribution in [0.3, 0.4) is 0 Å². The number of ether oxygens (including phenoxy) is 4. The third-order valence-electron chi connectivity index (χ3n) is 9.93. The number of fused-ring (bicyclic) bond motifs is 1. The van der Waals surface area contributed by atoms with Crippen LogP contribution in [0.4, 0.5) is 26.3 Å². The summed E-state index contributed by atoms with van der Waals surface area (Å²) >= 11 is -0.784. The van der Waals surface area contributed by atoms with E-state index in [1.54, 1.807) is 4.90 Å². The molecule has 2 amide bonds. The fourth-order valence-electron chi connectivity index (χ4n) is 6.46. The van der Waals surface area contributed by atoms with Crippen molar-refractivity contribution in [1.29, 1.82) is 0 Å². The molecular formula is C48H64F6IN6O7-. The van der Waals surface area contributed by atoms with Gasteiger partial charge in [0.2, 0.25) is 11.8 Å². The summed E-state index contributed by atoms with van der Waals surface area (Å²) in [7, 11) is 0. The van der Waals surface area contributed by atoms with Crippen LogP contribution in [-0.2, 0) is 47.4 Å². The van der Waals surface area contributed by atoms with Gasteiger partial charge in [-0.05, 0) is 41.0 Å². The molecule has 0 bridgehead atoms. The van der Waals surface area contributed by atoms with Gasteiger partial charge in [-0.2, -0.15) is 26.3 Å². The zero-order valence-corrected chi connectivity index (χ0v) is 40.8. The van der Waals surface area contributed by atoms with Crippen LogP contribution in [0.25, 0.3) is 10.8 Å². The molecule has 0 aliphatic carbocycles. The molecule has 5 N–H and O–H groups in total. The summed E-state index contributed by atoms with van der Waals surface area (Å²) in [6.45, 7) is 18.4. The number of hydrogen-bond donors (Lipinski definition) is 5. The molecule has 0 spiro atoms. The van der Waals surface area contributed by atoms with Crippen LogP contribution in [0.15, 0.2) is 97.6 Å². The topological polar surface area (TPSA) is 152 Å². The second-order valence-corrected chi connectivity index (χ2v) is 18.2. The Kier molecular flexibility index (Phi) is 25.6. The molecule has 68 heavy (non-hydrogen) atoms. The van der Waals surface area contributed by atoms with Gasteiger partial charge in [0, 0.05) is 32.1 Å². The van der Waals surface area contributed by atoms with E-state index in [9.17, 15) is 40.7 Å². The molecular weight excluding hydrogens is 1010 g/mol. The number of carbonyl (C=O) groups excluding carboxylic acids is 3. The summed E-state index contributed by atoms with van der Waals surface area (Å²) in [4.78, 5) is 37.8. The van der Waals surface area contributed by atoms with Crippen molar-refractivity contribution in [2.45, 2.75) is 70.8 Å². The van der Waals surface area contributed by atoms with Crippen LogP contribution < -0.4 is 51.0 Å². The number of benzene rings is 3. The number of rotatable bonds is 35. The Morgan fingerprint density at radius 1 is 0.691 bits per heavy atom. The van der Waals surface area contributed by atoms with Gasteiger partial charge in [-0.25, -0.2) is 0 Å². The monoisotopic (exact) mass is 1080 g/mol. The summed E-state index contributed by atoms with van der Waals surface area (Å²) in [6, 6.07) is 14.5. The zero-order chi connectivity index (χ0) is 50.0. The predicted molar refractivity (Wildman–Crippen MR) is 245 cm³/mol.